The summed E-state index contributed by atoms with van der Waals surface area (Å²) in [6.07, 6.45) is 1.33. The maximum absolute atomic E-state index is 13.2. The van der Waals surface area contributed by atoms with Crippen molar-refractivity contribution in [2.45, 2.75) is 38.8 Å². The standard InChI is InChI=1S/C22H26N2O4/c1-14(2)19(21(26)24-13-7-12-18(24)22(27)28-3)23-20(25)17-11-6-9-15-8-4-5-10-16(15)17/h4-6,8-11,14,18-19H,7,12-13H2,1-3H3,(H,23,25)/t18-,19-/m0/s1. The molecule has 1 N–H and O–H groups in total. The lowest BCUT2D eigenvalue weighted by Crippen LogP contribution is -2.54. The van der Waals surface area contributed by atoms with Crippen molar-refractivity contribution in [1.29, 1.82) is 0 Å². The summed E-state index contributed by atoms with van der Waals surface area (Å²) in [7, 11) is 1.32. The van der Waals surface area contributed by atoms with E-state index in [0.29, 0.717) is 18.5 Å². The molecule has 148 valence electrons. The number of methoxy groups -OCH3 is 1. The van der Waals surface area contributed by atoms with E-state index in [1.807, 2.05) is 50.2 Å². The minimum atomic E-state index is -0.711. The quantitative estimate of drug-likeness (QED) is 0.807. The summed E-state index contributed by atoms with van der Waals surface area (Å²) >= 11 is 0. The molecule has 0 bridgehead atoms. The number of fused-ring (bicyclic) bond motifs is 1. The molecule has 2 aromatic carbocycles. The maximum Gasteiger partial charge on any atom is 0.328 e. The van der Waals surface area contributed by atoms with Gasteiger partial charge in [0.2, 0.25) is 5.91 Å². The number of carbonyl (C=O) groups excluding carboxylic acids is 3. The van der Waals surface area contributed by atoms with Gasteiger partial charge in [-0.05, 0) is 35.6 Å². The van der Waals surface area contributed by atoms with Crippen molar-refractivity contribution in [3.63, 3.8) is 0 Å². The second kappa shape index (κ2) is 8.42. The van der Waals surface area contributed by atoms with Gasteiger partial charge in [0.1, 0.15) is 12.1 Å². The van der Waals surface area contributed by atoms with Gasteiger partial charge in [-0.15, -0.1) is 0 Å². The summed E-state index contributed by atoms with van der Waals surface area (Å²) in [4.78, 5) is 39.7. The van der Waals surface area contributed by atoms with Crippen LogP contribution in [0.4, 0.5) is 0 Å². The zero-order valence-electron chi connectivity index (χ0n) is 16.5. The minimum Gasteiger partial charge on any atom is -0.467 e. The van der Waals surface area contributed by atoms with Gasteiger partial charge in [-0.2, -0.15) is 0 Å². The Morgan fingerprint density at radius 1 is 1.11 bits per heavy atom. The van der Waals surface area contributed by atoms with Gasteiger partial charge in [-0.3, -0.25) is 9.59 Å². The Kier molecular flexibility index (Phi) is 5.97. The first-order chi connectivity index (χ1) is 13.4. The molecule has 2 atom stereocenters. The number of ether oxygens (including phenoxy) is 1. The number of likely N-dealkylation sites (tertiary alicyclic amines) is 1. The van der Waals surface area contributed by atoms with Crippen molar-refractivity contribution in [2.75, 3.05) is 13.7 Å². The number of hydrogen-bond donors (Lipinski definition) is 1. The van der Waals surface area contributed by atoms with Crippen LogP contribution < -0.4 is 5.32 Å². The summed E-state index contributed by atoms with van der Waals surface area (Å²) < 4.78 is 4.83. The molecule has 0 spiro atoms. The highest BCUT2D eigenvalue weighted by molar-refractivity contribution is 6.08. The molecule has 6 nitrogen and oxygen atoms in total. The maximum atomic E-state index is 13.2. The highest BCUT2D eigenvalue weighted by Gasteiger charge is 2.39. The van der Waals surface area contributed by atoms with E-state index in [2.05, 4.69) is 5.32 Å². The largest absolute Gasteiger partial charge is 0.467 e. The predicted molar refractivity (Wildman–Crippen MR) is 107 cm³/mol. The monoisotopic (exact) mass is 382 g/mol. The fourth-order valence-electron chi connectivity index (χ4n) is 3.75. The van der Waals surface area contributed by atoms with Crippen LogP contribution in [0.1, 0.15) is 37.0 Å². The third kappa shape index (κ3) is 3.86. The molecule has 28 heavy (non-hydrogen) atoms. The average molecular weight is 382 g/mol. The van der Waals surface area contributed by atoms with Gasteiger partial charge >= 0.3 is 5.97 Å². The first-order valence-corrected chi connectivity index (χ1v) is 9.61. The zero-order chi connectivity index (χ0) is 20.3. The Hall–Kier alpha value is -2.89. The van der Waals surface area contributed by atoms with Crippen LogP contribution in [0, 0.1) is 5.92 Å². The molecule has 2 amide bonds. The lowest BCUT2D eigenvalue weighted by Gasteiger charge is -2.30. The van der Waals surface area contributed by atoms with E-state index in [-0.39, 0.29) is 17.7 Å². The van der Waals surface area contributed by atoms with Crippen LogP contribution in [0.15, 0.2) is 42.5 Å². The van der Waals surface area contributed by atoms with E-state index in [0.717, 1.165) is 17.2 Å². The van der Waals surface area contributed by atoms with E-state index in [4.69, 9.17) is 4.74 Å². The van der Waals surface area contributed by atoms with E-state index in [1.165, 1.54) is 7.11 Å². The fourth-order valence-corrected chi connectivity index (χ4v) is 3.75. The SMILES string of the molecule is COC(=O)[C@@H]1CCCN1C(=O)[C@@H](NC(=O)c1cccc2ccccc12)C(C)C. The van der Waals surface area contributed by atoms with Crippen LogP contribution in [-0.4, -0.2) is 48.4 Å². The van der Waals surface area contributed by atoms with Crippen LogP contribution >= 0.6 is 0 Å². The van der Waals surface area contributed by atoms with Crippen molar-refractivity contribution in [1.82, 2.24) is 10.2 Å². The molecule has 1 heterocycles. The molecule has 2 aromatic rings. The molecule has 1 saturated heterocycles. The molecule has 1 aliphatic rings. The van der Waals surface area contributed by atoms with Crippen molar-refractivity contribution in [3.8, 4) is 0 Å². The smallest absolute Gasteiger partial charge is 0.328 e. The van der Waals surface area contributed by atoms with Crippen LogP contribution in [0.2, 0.25) is 0 Å². The predicted octanol–water partition coefficient (Wildman–Crippen LogP) is 2.76. The van der Waals surface area contributed by atoms with Crippen LogP contribution in [0.5, 0.6) is 0 Å². The van der Waals surface area contributed by atoms with Crippen LogP contribution in [-0.2, 0) is 14.3 Å². The molecule has 3 rings (SSSR count). The normalized spacial score (nSPS) is 17.6. The highest BCUT2D eigenvalue weighted by Crippen LogP contribution is 2.22. The summed E-state index contributed by atoms with van der Waals surface area (Å²) in [5, 5.41) is 4.70. The molecule has 0 aromatic heterocycles. The number of hydrogen-bond acceptors (Lipinski definition) is 4. The second-order valence-electron chi connectivity index (χ2n) is 7.43. The summed E-state index contributed by atoms with van der Waals surface area (Å²) in [6.45, 7) is 4.26. The van der Waals surface area contributed by atoms with E-state index in [9.17, 15) is 14.4 Å². The van der Waals surface area contributed by atoms with E-state index in [1.54, 1.807) is 11.0 Å². The molecule has 0 aliphatic carbocycles. The number of rotatable bonds is 5. The third-order valence-electron chi connectivity index (χ3n) is 5.26. The Balaban J connectivity index is 1.84. The van der Waals surface area contributed by atoms with Gasteiger partial charge in [0, 0.05) is 12.1 Å². The molecule has 1 fully saturated rings. The number of benzene rings is 2. The number of amides is 2. The number of carbonyl (C=O) groups is 3. The van der Waals surface area contributed by atoms with Gasteiger partial charge in [-0.25, -0.2) is 4.79 Å². The molecule has 1 aliphatic heterocycles. The fraction of sp³-hybridized carbons (Fsp3) is 0.409. The topological polar surface area (TPSA) is 75.7 Å². The first-order valence-electron chi connectivity index (χ1n) is 9.61. The van der Waals surface area contributed by atoms with Gasteiger partial charge in [-0.1, -0.05) is 50.2 Å². The van der Waals surface area contributed by atoms with Gasteiger partial charge in [0.25, 0.3) is 5.91 Å². The zero-order valence-corrected chi connectivity index (χ0v) is 16.5. The van der Waals surface area contributed by atoms with Crippen molar-refractivity contribution in [3.05, 3.63) is 48.0 Å². The Morgan fingerprint density at radius 2 is 1.82 bits per heavy atom. The minimum absolute atomic E-state index is 0.120. The van der Waals surface area contributed by atoms with E-state index >= 15 is 0 Å². The molecular formula is C22H26N2O4. The van der Waals surface area contributed by atoms with Crippen LogP contribution in [0.3, 0.4) is 0 Å². The van der Waals surface area contributed by atoms with E-state index < -0.39 is 18.1 Å². The van der Waals surface area contributed by atoms with Gasteiger partial charge in [0.15, 0.2) is 0 Å². The summed E-state index contributed by atoms with van der Waals surface area (Å²) in [5.74, 6) is -1.06. The molecule has 6 heteroatoms. The molecular weight excluding hydrogens is 356 g/mol. The average Bonchev–Trinajstić information content (AvgIpc) is 3.20. The first kappa shape index (κ1) is 19.9. The lowest BCUT2D eigenvalue weighted by atomic mass is 10.00. The molecule has 0 saturated carbocycles. The third-order valence-corrected chi connectivity index (χ3v) is 5.26. The summed E-state index contributed by atoms with van der Waals surface area (Å²) in [6, 6.07) is 11.9. The number of nitrogens with zero attached hydrogens (tertiary/aromatic N) is 1. The Morgan fingerprint density at radius 3 is 2.54 bits per heavy atom. The van der Waals surface area contributed by atoms with Crippen LogP contribution in [0.25, 0.3) is 10.8 Å². The van der Waals surface area contributed by atoms with Crippen molar-refractivity contribution >= 4 is 28.6 Å². The highest BCUT2D eigenvalue weighted by atomic mass is 16.5. The lowest BCUT2D eigenvalue weighted by molar-refractivity contribution is -0.151. The van der Waals surface area contributed by atoms with Gasteiger partial charge < -0.3 is 15.0 Å². The summed E-state index contributed by atoms with van der Waals surface area (Å²) in [5.41, 5.74) is 0.530. The Bertz CT molecular complexity index is 888. The number of esters is 1. The van der Waals surface area contributed by atoms with Crippen molar-refractivity contribution < 1.29 is 19.1 Å². The van der Waals surface area contributed by atoms with Crippen molar-refractivity contribution in [2.24, 2.45) is 5.92 Å². The Labute approximate surface area is 164 Å². The number of nitrogens with one attached hydrogen (secondary N) is 1. The molecule has 0 radical (unpaired) electrons. The molecule has 0 unspecified atom stereocenters. The second-order valence-corrected chi connectivity index (χ2v) is 7.43. The van der Waals surface area contributed by atoms with Gasteiger partial charge in [0.05, 0.1) is 7.11 Å².